The molecule has 0 amide bonds. The molecule has 2 N–H and O–H groups in total. The Labute approximate surface area is 133 Å². The van der Waals surface area contributed by atoms with Crippen LogP contribution in [0.15, 0.2) is 42.7 Å². The minimum atomic E-state index is 0.123. The SMILES string of the molecule is CC(C)(C)CC(CO)NCc1cnn(Cc2ccccc2)c1. The van der Waals surface area contributed by atoms with E-state index in [9.17, 15) is 5.11 Å². The van der Waals surface area contributed by atoms with E-state index in [1.807, 2.05) is 29.1 Å². The molecule has 2 rings (SSSR count). The molecule has 120 valence electrons. The van der Waals surface area contributed by atoms with Crippen LogP contribution in [0.2, 0.25) is 0 Å². The van der Waals surface area contributed by atoms with Crippen molar-refractivity contribution in [2.24, 2.45) is 5.41 Å². The molecule has 4 heteroatoms. The van der Waals surface area contributed by atoms with Gasteiger partial charge in [0.2, 0.25) is 0 Å². The summed E-state index contributed by atoms with van der Waals surface area (Å²) >= 11 is 0. The highest BCUT2D eigenvalue weighted by Crippen LogP contribution is 2.20. The molecule has 0 radical (unpaired) electrons. The van der Waals surface area contributed by atoms with Crippen LogP contribution in [0.1, 0.15) is 38.3 Å². The Morgan fingerprint density at radius 3 is 2.55 bits per heavy atom. The Morgan fingerprint density at radius 2 is 1.91 bits per heavy atom. The summed E-state index contributed by atoms with van der Waals surface area (Å²) in [5, 5.41) is 17.3. The van der Waals surface area contributed by atoms with Gasteiger partial charge in [-0.1, -0.05) is 51.1 Å². The summed E-state index contributed by atoms with van der Waals surface area (Å²) in [6.07, 6.45) is 4.90. The second-order valence-electron chi connectivity index (χ2n) is 7.06. The monoisotopic (exact) mass is 301 g/mol. The summed E-state index contributed by atoms with van der Waals surface area (Å²) < 4.78 is 1.95. The molecule has 0 saturated carbocycles. The first-order chi connectivity index (χ1) is 10.5. The number of aliphatic hydroxyl groups is 1. The summed E-state index contributed by atoms with van der Waals surface area (Å²) in [4.78, 5) is 0. The fraction of sp³-hybridized carbons (Fsp3) is 0.500. The Bertz CT molecular complexity index is 557. The van der Waals surface area contributed by atoms with Gasteiger partial charge in [0.25, 0.3) is 0 Å². The molecule has 1 aromatic heterocycles. The number of aromatic nitrogens is 2. The largest absolute Gasteiger partial charge is 0.395 e. The Morgan fingerprint density at radius 1 is 1.18 bits per heavy atom. The lowest BCUT2D eigenvalue weighted by Gasteiger charge is -2.25. The van der Waals surface area contributed by atoms with Gasteiger partial charge in [-0.25, -0.2) is 0 Å². The predicted octanol–water partition coefficient (Wildman–Crippen LogP) is 2.82. The van der Waals surface area contributed by atoms with Crippen molar-refractivity contribution in [2.75, 3.05) is 6.61 Å². The van der Waals surface area contributed by atoms with Gasteiger partial charge in [-0.15, -0.1) is 0 Å². The second kappa shape index (κ2) is 7.56. The van der Waals surface area contributed by atoms with Gasteiger partial charge in [0, 0.05) is 24.3 Å². The number of nitrogens with zero attached hydrogens (tertiary/aromatic N) is 2. The van der Waals surface area contributed by atoms with Crippen LogP contribution < -0.4 is 5.32 Å². The van der Waals surface area contributed by atoms with E-state index in [0.717, 1.165) is 25.1 Å². The number of hydrogen-bond acceptors (Lipinski definition) is 3. The third-order valence-electron chi connectivity index (χ3n) is 3.55. The molecule has 1 unspecified atom stereocenters. The summed E-state index contributed by atoms with van der Waals surface area (Å²) in [5.74, 6) is 0. The van der Waals surface area contributed by atoms with E-state index in [1.54, 1.807) is 0 Å². The average molecular weight is 301 g/mol. The molecule has 2 aromatic rings. The quantitative estimate of drug-likeness (QED) is 0.827. The van der Waals surface area contributed by atoms with E-state index < -0.39 is 0 Å². The maximum atomic E-state index is 9.48. The maximum Gasteiger partial charge on any atom is 0.0659 e. The lowest BCUT2D eigenvalue weighted by molar-refractivity contribution is 0.198. The molecule has 0 spiro atoms. The first-order valence-corrected chi connectivity index (χ1v) is 7.86. The van der Waals surface area contributed by atoms with Crippen LogP contribution in [0.25, 0.3) is 0 Å². The van der Waals surface area contributed by atoms with Gasteiger partial charge in [0.05, 0.1) is 19.3 Å². The van der Waals surface area contributed by atoms with Crippen molar-refractivity contribution in [3.8, 4) is 0 Å². The maximum absolute atomic E-state index is 9.48. The summed E-state index contributed by atoms with van der Waals surface area (Å²) in [6, 6.07) is 10.4. The van der Waals surface area contributed by atoms with E-state index in [4.69, 9.17) is 0 Å². The molecule has 4 nitrogen and oxygen atoms in total. The second-order valence-corrected chi connectivity index (χ2v) is 7.06. The standard InChI is InChI=1S/C18H27N3O/c1-18(2,3)9-17(14-22)19-10-16-11-20-21(13-16)12-15-7-5-4-6-8-15/h4-8,11,13,17,19,22H,9-10,12,14H2,1-3H3. The normalized spacial score (nSPS) is 13.3. The van der Waals surface area contributed by atoms with Crippen molar-refractivity contribution < 1.29 is 5.11 Å². The van der Waals surface area contributed by atoms with Gasteiger partial charge in [-0.3, -0.25) is 4.68 Å². The number of benzene rings is 1. The zero-order valence-electron chi connectivity index (χ0n) is 13.8. The van der Waals surface area contributed by atoms with E-state index in [2.05, 4.69) is 49.5 Å². The minimum Gasteiger partial charge on any atom is -0.395 e. The molecule has 0 aliphatic heterocycles. The highest BCUT2D eigenvalue weighted by molar-refractivity contribution is 5.15. The fourth-order valence-corrected chi connectivity index (χ4v) is 2.56. The highest BCUT2D eigenvalue weighted by atomic mass is 16.3. The molecular formula is C18H27N3O. The number of aliphatic hydroxyl groups excluding tert-OH is 1. The molecule has 1 aromatic carbocycles. The van der Waals surface area contributed by atoms with Gasteiger partial charge in [-0.2, -0.15) is 5.10 Å². The first kappa shape index (κ1) is 16.7. The average Bonchev–Trinajstić information content (AvgIpc) is 2.91. The van der Waals surface area contributed by atoms with Crippen LogP contribution in [0.4, 0.5) is 0 Å². The van der Waals surface area contributed by atoms with Crippen LogP contribution in [-0.2, 0) is 13.1 Å². The van der Waals surface area contributed by atoms with Gasteiger partial charge in [0.15, 0.2) is 0 Å². The van der Waals surface area contributed by atoms with Crippen molar-refractivity contribution in [1.82, 2.24) is 15.1 Å². The topological polar surface area (TPSA) is 50.1 Å². The van der Waals surface area contributed by atoms with Crippen LogP contribution in [0.5, 0.6) is 0 Å². The molecule has 1 atom stereocenters. The lowest BCUT2D eigenvalue weighted by Crippen LogP contribution is -2.35. The number of hydrogen-bond donors (Lipinski definition) is 2. The van der Waals surface area contributed by atoms with Gasteiger partial charge in [-0.05, 0) is 17.4 Å². The van der Waals surface area contributed by atoms with Crippen LogP contribution in [0, 0.1) is 5.41 Å². The molecule has 22 heavy (non-hydrogen) atoms. The summed E-state index contributed by atoms with van der Waals surface area (Å²) in [6.45, 7) is 8.25. The summed E-state index contributed by atoms with van der Waals surface area (Å²) in [5.41, 5.74) is 2.59. The molecule has 0 fully saturated rings. The zero-order valence-corrected chi connectivity index (χ0v) is 13.8. The Kier molecular flexibility index (Phi) is 5.75. The van der Waals surface area contributed by atoms with Gasteiger partial charge in [0.1, 0.15) is 0 Å². The van der Waals surface area contributed by atoms with Crippen molar-refractivity contribution in [1.29, 1.82) is 0 Å². The molecule has 0 bridgehead atoms. The fourth-order valence-electron chi connectivity index (χ4n) is 2.56. The molecular weight excluding hydrogens is 274 g/mol. The van der Waals surface area contributed by atoms with E-state index in [0.29, 0.717) is 0 Å². The molecule has 0 aliphatic rings. The van der Waals surface area contributed by atoms with Crippen molar-refractivity contribution in [2.45, 2.75) is 46.3 Å². The first-order valence-electron chi connectivity index (χ1n) is 7.86. The predicted molar refractivity (Wildman–Crippen MR) is 89.6 cm³/mol. The number of rotatable bonds is 7. The number of nitrogens with one attached hydrogen (secondary N) is 1. The lowest BCUT2D eigenvalue weighted by atomic mass is 9.88. The Balaban J connectivity index is 1.86. The molecule has 1 heterocycles. The molecule has 0 aliphatic carbocycles. The van der Waals surface area contributed by atoms with E-state index in [-0.39, 0.29) is 18.1 Å². The van der Waals surface area contributed by atoms with Gasteiger partial charge < -0.3 is 10.4 Å². The summed E-state index contributed by atoms with van der Waals surface area (Å²) in [7, 11) is 0. The zero-order chi connectivity index (χ0) is 16.0. The Hall–Kier alpha value is -1.65. The van der Waals surface area contributed by atoms with Crippen LogP contribution in [0.3, 0.4) is 0 Å². The third-order valence-corrected chi connectivity index (χ3v) is 3.55. The van der Waals surface area contributed by atoms with Crippen LogP contribution >= 0.6 is 0 Å². The smallest absolute Gasteiger partial charge is 0.0659 e. The minimum absolute atomic E-state index is 0.123. The van der Waals surface area contributed by atoms with Gasteiger partial charge >= 0.3 is 0 Å². The third kappa shape index (κ3) is 5.62. The highest BCUT2D eigenvalue weighted by Gasteiger charge is 2.17. The van der Waals surface area contributed by atoms with Crippen molar-refractivity contribution >= 4 is 0 Å². The molecule has 0 saturated heterocycles. The van der Waals surface area contributed by atoms with E-state index >= 15 is 0 Å². The van der Waals surface area contributed by atoms with Crippen LogP contribution in [-0.4, -0.2) is 27.5 Å². The van der Waals surface area contributed by atoms with Crippen molar-refractivity contribution in [3.63, 3.8) is 0 Å². The van der Waals surface area contributed by atoms with Crippen molar-refractivity contribution in [3.05, 3.63) is 53.9 Å². The van der Waals surface area contributed by atoms with E-state index in [1.165, 1.54) is 5.56 Å².